The molecule has 1 aliphatic rings. The van der Waals surface area contributed by atoms with Gasteiger partial charge in [0.2, 0.25) is 5.91 Å². The number of halogens is 2. The molecule has 1 aromatic rings. The zero-order chi connectivity index (χ0) is 14.9. The number of hydrogen-bond donors (Lipinski definition) is 1. The van der Waals surface area contributed by atoms with Crippen LogP contribution < -0.4 is 10.2 Å². The third kappa shape index (κ3) is 2.82. The van der Waals surface area contributed by atoms with Crippen molar-refractivity contribution in [2.75, 3.05) is 11.4 Å². The minimum atomic E-state index is -0.688. The number of carbonyl (C=O) groups is 1. The molecule has 20 heavy (non-hydrogen) atoms. The smallest absolute Gasteiger partial charge is 0.244 e. The van der Waals surface area contributed by atoms with Crippen molar-refractivity contribution < 1.29 is 13.6 Å². The summed E-state index contributed by atoms with van der Waals surface area (Å²) in [6, 6.07) is 2.37. The van der Waals surface area contributed by atoms with Crippen LogP contribution in [0.15, 0.2) is 12.1 Å². The molecular formula is C15H20F2N2O. The van der Waals surface area contributed by atoms with Crippen molar-refractivity contribution in [1.29, 1.82) is 0 Å². The molecule has 1 aromatic carbocycles. The van der Waals surface area contributed by atoms with E-state index >= 15 is 0 Å². The normalized spacial score (nSPS) is 19.8. The Morgan fingerprint density at radius 1 is 1.35 bits per heavy atom. The first kappa shape index (κ1) is 14.9. The van der Waals surface area contributed by atoms with Crippen molar-refractivity contribution >= 4 is 11.6 Å². The van der Waals surface area contributed by atoms with E-state index in [2.05, 4.69) is 5.32 Å². The van der Waals surface area contributed by atoms with Gasteiger partial charge in [0.15, 0.2) is 5.82 Å². The van der Waals surface area contributed by atoms with Gasteiger partial charge in [0, 0.05) is 12.6 Å². The minimum absolute atomic E-state index is 0.149. The van der Waals surface area contributed by atoms with Crippen LogP contribution in [0, 0.1) is 18.6 Å². The highest BCUT2D eigenvalue weighted by molar-refractivity contribution is 5.98. The highest BCUT2D eigenvalue weighted by atomic mass is 19.1. The summed E-state index contributed by atoms with van der Waals surface area (Å²) < 4.78 is 28.1. The minimum Gasteiger partial charge on any atom is -0.306 e. The first-order valence-electron chi connectivity index (χ1n) is 6.94. The Balaban J connectivity index is 2.33. The van der Waals surface area contributed by atoms with Crippen LogP contribution in [-0.4, -0.2) is 24.5 Å². The molecule has 1 aliphatic heterocycles. The number of anilines is 1. The number of hydrogen-bond acceptors (Lipinski definition) is 2. The monoisotopic (exact) mass is 282 g/mol. The Morgan fingerprint density at radius 3 is 2.70 bits per heavy atom. The van der Waals surface area contributed by atoms with E-state index in [4.69, 9.17) is 0 Å². The predicted molar refractivity (Wildman–Crippen MR) is 74.7 cm³/mol. The number of carbonyl (C=O) groups excluding carboxylic acids is 1. The fourth-order valence-corrected chi connectivity index (χ4v) is 2.54. The standard InChI is InChI=1S/C15H20F2N2O/c1-9(2)18-12-5-4-8-19(15(12)20)14-11(16)7-6-10(3)13(14)17/h6-7,9,12,18H,4-5,8H2,1-3H3. The van der Waals surface area contributed by atoms with Crippen LogP contribution in [-0.2, 0) is 4.79 Å². The number of nitrogens with one attached hydrogen (secondary N) is 1. The van der Waals surface area contributed by atoms with Crippen molar-refractivity contribution in [3.05, 3.63) is 29.3 Å². The molecule has 1 heterocycles. The summed E-state index contributed by atoms with van der Waals surface area (Å²) in [5, 5.41) is 3.15. The average Bonchev–Trinajstić information content (AvgIpc) is 2.38. The summed E-state index contributed by atoms with van der Waals surface area (Å²) in [5.74, 6) is -1.59. The molecule has 3 nitrogen and oxygen atoms in total. The third-order valence-corrected chi connectivity index (χ3v) is 3.50. The summed E-state index contributed by atoms with van der Waals surface area (Å²) in [7, 11) is 0. The lowest BCUT2D eigenvalue weighted by Crippen LogP contribution is -2.53. The molecule has 1 atom stereocenters. The van der Waals surface area contributed by atoms with Crippen LogP contribution in [0.5, 0.6) is 0 Å². The second-order valence-electron chi connectivity index (χ2n) is 5.53. The molecule has 1 N–H and O–H groups in total. The summed E-state index contributed by atoms with van der Waals surface area (Å²) >= 11 is 0. The molecule has 0 aromatic heterocycles. The topological polar surface area (TPSA) is 32.3 Å². The van der Waals surface area contributed by atoms with Crippen LogP contribution in [0.1, 0.15) is 32.3 Å². The number of rotatable bonds is 3. The molecule has 110 valence electrons. The summed E-state index contributed by atoms with van der Waals surface area (Å²) in [5.41, 5.74) is 0.124. The van der Waals surface area contributed by atoms with E-state index in [9.17, 15) is 13.6 Å². The van der Waals surface area contributed by atoms with Crippen LogP contribution in [0.25, 0.3) is 0 Å². The van der Waals surface area contributed by atoms with Gasteiger partial charge in [-0.25, -0.2) is 8.78 Å². The molecule has 2 rings (SSSR count). The number of aryl methyl sites for hydroxylation is 1. The van der Waals surface area contributed by atoms with Gasteiger partial charge in [-0.15, -0.1) is 0 Å². The van der Waals surface area contributed by atoms with Crippen molar-refractivity contribution in [3.63, 3.8) is 0 Å². The molecule has 5 heteroatoms. The van der Waals surface area contributed by atoms with Crippen molar-refractivity contribution in [2.45, 2.75) is 45.7 Å². The van der Waals surface area contributed by atoms with E-state index in [1.165, 1.54) is 17.0 Å². The van der Waals surface area contributed by atoms with E-state index in [1.807, 2.05) is 13.8 Å². The van der Waals surface area contributed by atoms with E-state index in [0.29, 0.717) is 18.5 Å². The maximum atomic E-state index is 14.2. The maximum Gasteiger partial charge on any atom is 0.244 e. The van der Waals surface area contributed by atoms with Crippen LogP contribution in [0.4, 0.5) is 14.5 Å². The maximum absolute atomic E-state index is 14.2. The average molecular weight is 282 g/mol. The van der Waals surface area contributed by atoms with Crippen molar-refractivity contribution in [3.8, 4) is 0 Å². The lowest BCUT2D eigenvalue weighted by molar-refractivity contribution is -0.122. The van der Waals surface area contributed by atoms with Gasteiger partial charge >= 0.3 is 0 Å². The van der Waals surface area contributed by atoms with Gasteiger partial charge in [-0.2, -0.15) is 0 Å². The molecule has 1 fully saturated rings. The van der Waals surface area contributed by atoms with Gasteiger partial charge in [-0.3, -0.25) is 4.79 Å². The molecule has 0 aliphatic carbocycles. The molecule has 0 radical (unpaired) electrons. The van der Waals surface area contributed by atoms with E-state index in [1.54, 1.807) is 6.92 Å². The van der Waals surface area contributed by atoms with Gasteiger partial charge < -0.3 is 10.2 Å². The predicted octanol–water partition coefficient (Wildman–Crippen LogP) is 2.77. The summed E-state index contributed by atoms with van der Waals surface area (Å²) in [4.78, 5) is 13.6. The Morgan fingerprint density at radius 2 is 2.05 bits per heavy atom. The summed E-state index contributed by atoms with van der Waals surface area (Å²) in [6.07, 6.45) is 1.42. The molecule has 1 saturated heterocycles. The number of piperidine rings is 1. The third-order valence-electron chi connectivity index (χ3n) is 3.50. The van der Waals surface area contributed by atoms with Gasteiger partial charge in [0.25, 0.3) is 0 Å². The first-order valence-corrected chi connectivity index (χ1v) is 6.94. The van der Waals surface area contributed by atoms with Gasteiger partial charge in [-0.1, -0.05) is 19.9 Å². The van der Waals surface area contributed by atoms with E-state index in [-0.39, 0.29) is 23.7 Å². The lowest BCUT2D eigenvalue weighted by atomic mass is 10.0. The number of amides is 1. The Hall–Kier alpha value is -1.49. The molecule has 1 unspecified atom stereocenters. The fraction of sp³-hybridized carbons (Fsp3) is 0.533. The van der Waals surface area contributed by atoms with Crippen LogP contribution in [0.2, 0.25) is 0 Å². The highest BCUT2D eigenvalue weighted by Crippen LogP contribution is 2.29. The van der Waals surface area contributed by atoms with Gasteiger partial charge in [0.1, 0.15) is 11.5 Å². The van der Waals surface area contributed by atoms with Crippen LogP contribution >= 0.6 is 0 Å². The fourth-order valence-electron chi connectivity index (χ4n) is 2.54. The largest absolute Gasteiger partial charge is 0.306 e. The molecule has 0 spiro atoms. The lowest BCUT2D eigenvalue weighted by Gasteiger charge is -2.34. The molecule has 1 amide bonds. The van der Waals surface area contributed by atoms with Crippen molar-refractivity contribution in [2.24, 2.45) is 0 Å². The Kier molecular flexibility index (Phi) is 4.38. The van der Waals surface area contributed by atoms with Gasteiger partial charge in [0.05, 0.1) is 6.04 Å². The molecule has 0 bridgehead atoms. The summed E-state index contributed by atoms with van der Waals surface area (Å²) in [6.45, 7) is 5.81. The zero-order valence-electron chi connectivity index (χ0n) is 12.0. The van der Waals surface area contributed by atoms with Crippen LogP contribution in [0.3, 0.4) is 0 Å². The Bertz CT molecular complexity index is 517. The first-order chi connectivity index (χ1) is 9.41. The Labute approximate surface area is 118 Å². The second kappa shape index (κ2) is 5.87. The molecule has 0 saturated carbocycles. The quantitative estimate of drug-likeness (QED) is 0.924. The second-order valence-corrected chi connectivity index (χ2v) is 5.53. The molecular weight excluding hydrogens is 262 g/mol. The number of nitrogens with zero attached hydrogens (tertiary/aromatic N) is 1. The van der Waals surface area contributed by atoms with Gasteiger partial charge in [-0.05, 0) is 31.4 Å². The van der Waals surface area contributed by atoms with Crippen molar-refractivity contribution in [1.82, 2.24) is 5.32 Å². The number of benzene rings is 1. The van der Waals surface area contributed by atoms with E-state index < -0.39 is 11.6 Å². The zero-order valence-corrected chi connectivity index (χ0v) is 12.0. The van der Waals surface area contributed by atoms with E-state index in [0.717, 1.165) is 6.42 Å². The SMILES string of the molecule is Cc1ccc(F)c(N2CCCC(NC(C)C)C2=O)c1F. The highest BCUT2D eigenvalue weighted by Gasteiger charge is 2.33.